The van der Waals surface area contributed by atoms with E-state index < -0.39 is 0 Å². The second-order valence-corrected chi connectivity index (χ2v) is 8.45. The molecule has 0 unspecified atom stereocenters. The van der Waals surface area contributed by atoms with E-state index >= 15 is 0 Å². The van der Waals surface area contributed by atoms with Crippen LogP contribution in [0.2, 0.25) is 0 Å². The van der Waals surface area contributed by atoms with Crippen LogP contribution in [0.25, 0.3) is 22.4 Å². The molecule has 0 spiro atoms. The van der Waals surface area contributed by atoms with E-state index in [2.05, 4.69) is 36.4 Å². The summed E-state index contributed by atoms with van der Waals surface area (Å²) < 4.78 is 1.95. The number of carbonyl (C=O) groups excluding carboxylic acids is 1. The SMILES string of the molecule is CC(C)n1nccc1-c1cc(C(=O)NC(C)(C)C)cc(-c2ccc(C#N)cc2)c1. The zero-order valence-corrected chi connectivity index (χ0v) is 17.5. The smallest absolute Gasteiger partial charge is 0.251 e. The number of hydrogen-bond acceptors (Lipinski definition) is 3. The van der Waals surface area contributed by atoms with Crippen molar-refractivity contribution >= 4 is 5.91 Å². The van der Waals surface area contributed by atoms with Gasteiger partial charge in [-0.1, -0.05) is 12.1 Å². The number of amides is 1. The molecule has 0 saturated heterocycles. The highest BCUT2D eigenvalue weighted by Crippen LogP contribution is 2.30. The van der Waals surface area contributed by atoms with Gasteiger partial charge in [0.1, 0.15) is 0 Å². The van der Waals surface area contributed by atoms with Crippen LogP contribution in [0, 0.1) is 11.3 Å². The molecule has 2 aromatic carbocycles. The molecule has 0 aliphatic carbocycles. The summed E-state index contributed by atoms with van der Waals surface area (Å²) in [5.41, 5.74) is 4.62. The van der Waals surface area contributed by atoms with Crippen molar-refractivity contribution in [2.24, 2.45) is 0 Å². The molecule has 1 amide bonds. The highest BCUT2D eigenvalue weighted by Gasteiger charge is 2.18. The van der Waals surface area contributed by atoms with E-state index in [0.717, 1.165) is 22.4 Å². The normalized spacial score (nSPS) is 11.3. The summed E-state index contributed by atoms with van der Waals surface area (Å²) >= 11 is 0. The van der Waals surface area contributed by atoms with Crippen molar-refractivity contribution in [3.63, 3.8) is 0 Å². The van der Waals surface area contributed by atoms with Gasteiger partial charge in [0.2, 0.25) is 0 Å². The average molecular weight is 386 g/mol. The maximum absolute atomic E-state index is 12.9. The summed E-state index contributed by atoms with van der Waals surface area (Å²) in [6.45, 7) is 10.0. The Balaban J connectivity index is 2.15. The second-order valence-electron chi connectivity index (χ2n) is 8.45. The molecule has 29 heavy (non-hydrogen) atoms. The minimum absolute atomic E-state index is 0.121. The summed E-state index contributed by atoms with van der Waals surface area (Å²) in [5, 5.41) is 16.5. The lowest BCUT2D eigenvalue weighted by molar-refractivity contribution is 0.0919. The van der Waals surface area contributed by atoms with Crippen LogP contribution in [0.5, 0.6) is 0 Å². The predicted octanol–water partition coefficient (Wildman–Crippen LogP) is 5.20. The number of aromatic nitrogens is 2. The fourth-order valence-corrected chi connectivity index (χ4v) is 3.18. The zero-order valence-electron chi connectivity index (χ0n) is 17.5. The van der Waals surface area contributed by atoms with Gasteiger partial charge in [0.15, 0.2) is 0 Å². The summed E-state index contributed by atoms with van der Waals surface area (Å²) in [5.74, 6) is -0.121. The molecule has 5 nitrogen and oxygen atoms in total. The maximum atomic E-state index is 12.9. The van der Waals surface area contributed by atoms with E-state index in [0.29, 0.717) is 11.1 Å². The third-order valence-corrected chi connectivity index (χ3v) is 4.49. The number of hydrogen-bond donors (Lipinski definition) is 1. The third-order valence-electron chi connectivity index (χ3n) is 4.49. The van der Waals surface area contributed by atoms with E-state index in [1.165, 1.54) is 0 Å². The first kappa shape index (κ1) is 20.3. The van der Waals surface area contributed by atoms with Crippen LogP contribution in [0.1, 0.15) is 56.6 Å². The van der Waals surface area contributed by atoms with E-state index in [9.17, 15) is 4.79 Å². The molecule has 0 bridgehead atoms. The monoisotopic (exact) mass is 386 g/mol. The molecule has 3 rings (SSSR count). The summed E-state index contributed by atoms with van der Waals surface area (Å²) in [6.07, 6.45) is 1.78. The molecule has 1 heterocycles. The molecule has 1 aromatic heterocycles. The number of rotatable bonds is 4. The Bertz CT molecular complexity index is 1060. The van der Waals surface area contributed by atoms with Gasteiger partial charge in [-0.3, -0.25) is 9.48 Å². The molecule has 1 N–H and O–H groups in total. The van der Waals surface area contributed by atoms with Gasteiger partial charge >= 0.3 is 0 Å². The van der Waals surface area contributed by atoms with Crippen molar-refractivity contribution in [2.75, 3.05) is 0 Å². The van der Waals surface area contributed by atoms with Crippen molar-refractivity contribution in [1.82, 2.24) is 15.1 Å². The van der Waals surface area contributed by atoms with Crippen LogP contribution >= 0.6 is 0 Å². The lowest BCUT2D eigenvalue weighted by Gasteiger charge is -2.21. The Kier molecular flexibility index (Phi) is 5.56. The largest absolute Gasteiger partial charge is 0.347 e. The van der Waals surface area contributed by atoms with E-state index in [1.54, 1.807) is 18.3 Å². The van der Waals surface area contributed by atoms with Crippen LogP contribution in [-0.4, -0.2) is 21.2 Å². The first-order valence-electron chi connectivity index (χ1n) is 9.70. The molecule has 5 heteroatoms. The minimum Gasteiger partial charge on any atom is -0.347 e. The van der Waals surface area contributed by atoms with Crippen molar-refractivity contribution in [3.05, 3.63) is 65.9 Å². The summed E-state index contributed by atoms with van der Waals surface area (Å²) in [6, 6.07) is 17.5. The lowest BCUT2D eigenvalue weighted by Crippen LogP contribution is -2.40. The standard InChI is InChI=1S/C24H26N4O/c1-16(2)28-22(10-11-26-28)20-12-19(18-8-6-17(15-25)7-9-18)13-21(14-20)23(29)27-24(3,4)5/h6-14,16H,1-5H3,(H,27,29). The van der Waals surface area contributed by atoms with Crippen molar-refractivity contribution < 1.29 is 4.79 Å². The Hall–Kier alpha value is -3.39. The number of nitriles is 1. The highest BCUT2D eigenvalue weighted by atomic mass is 16.1. The minimum atomic E-state index is -0.332. The Morgan fingerprint density at radius 2 is 1.69 bits per heavy atom. The van der Waals surface area contributed by atoms with Gasteiger partial charge in [-0.2, -0.15) is 10.4 Å². The average Bonchev–Trinajstić information content (AvgIpc) is 3.16. The van der Waals surface area contributed by atoms with Crippen molar-refractivity contribution in [3.8, 4) is 28.5 Å². The Labute approximate surface area is 172 Å². The molecule has 0 saturated carbocycles. The molecule has 0 aliphatic heterocycles. The predicted molar refractivity (Wildman–Crippen MR) is 115 cm³/mol. The van der Waals surface area contributed by atoms with Crippen molar-refractivity contribution in [1.29, 1.82) is 5.26 Å². The fraction of sp³-hybridized carbons (Fsp3) is 0.292. The lowest BCUT2D eigenvalue weighted by atomic mass is 9.96. The second kappa shape index (κ2) is 7.92. The zero-order chi connectivity index (χ0) is 21.2. The quantitative estimate of drug-likeness (QED) is 0.670. The molecule has 148 valence electrons. The molecule has 0 radical (unpaired) electrons. The van der Waals surface area contributed by atoms with Gasteiger partial charge in [0, 0.05) is 28.9 Å². The van der Waals surface area contributed by atoms with E-state index in [4.69, 9.17) is 5.26 Å². The molecular formula is C24H26N4O. The topological polar surface area (TPSA) is 70.7 Å². The number of carbonyl (C=O) groups is 1. The third kappa shape index (κ3) is 4.72. The Morgan fingerprint density at radius 1 is 1.03 bits per heavy atom. The van der Waals surface area contributed by atoms with Gasteiger partial charge in [-0.25, -0.2) is 0 Å². The van der Waals surface area contributed by atoms with Gasteiger partial charge in [-0.15, -0.1) is 0 Å². The van der Waals surface area contributed by atoms with Gasteiger partial charge in [-0.05, 0) is 82.1 Å². The van der Waals surface area contributed by atoms with Crippen LogP contribution in [-0.2, 0) is 0 Å². The first-order valence-corrected chi connectivity index (χ1v) is 9.70. The van der Waals surface area contributed by atoms with E-state index in [-0.39, 0.29) is 17.5 Å². The van der Waals surface area contributed by atoms with Gasteiger partial charge < -0.3 is 5.32 Å². The molecular weight excluding hydrogens is 360 g/mol. The van der Waals surface area contributed by atoms with Crippen molar-refractivity contribution in [2.45, 2.75) is 46.2 Å². The van der Waals surface area contributed by atoms with Crippen LogP contribution in [0.3, 0.4) is 0 Å². The number of nitrogens with one attached hydrogen (secondary N) is 1. The number of benzene rings is 2. The number of nitrogens with zero attached hydrogens (tertiary/aromatic N) is 3. The van der Waals surface area contributed by atoms with E-state index in [1.807, 2.05) is 55.8 Å². The molecule has 0 aliphatic rings. The van der Waals surface area contributed by atoms with Crippen LogP contribution in [0.15, 0.2) is 54.7 Å². The highest BCUT2D eigenvalue weighted by molar-refractivity contribution is 5.97. The van der Waals surface area contributed by atoms with Gasteiger partial charge in [0.05, 0.1) is 17.3 Å². The summed E-state index contributed by atoms with van der Waals surface area (Å²) in [7, 11) is 0. The van der Waals surface area contributed by atoms with Crippen LogP contribution < -0.4 is 5.32 Å². The Morgan fingerprint density at radius 3 is 2.28 bits per heavy atom. The first-order chi connectivity index (χ1) is 13.7. The maximum Gasteiger partial charge on any atom is 0.251 e. The fourth-order valence-electron chi connectivity index (χ4n) is 3.18. The molecule has 3 aromatic rings. The van der Waals surface area contributed by atoms with Gasteiger partial charge in [0.25, 0.3) is 5.91 Å². The molecule has 0 atom stereocenters. The molecule has 0 fully saturated rings. The van der Waals surface area contributed by atoms with Crippen LogP contribution in [0.4, 0.5) is 0 Å². The summed E-state index contributed by atoms with van der Waals surface area (Å²) in [4.78, 5) is 12.9.